The summed E-state index contributed by atoms with van der Waals surface area (Å²) in [6.07, 6.45) is -0.728. The van der Waals surface area contributed by atoms with Gasteiger partial charge >= 0.3 is 6.61 Å². The average Bonchev–Trinajstić information content (AvgIpc) is 2.83. The summed E-state index contributed by atoms with van der Waals surface area (Å²) >= 11 is 0. The molecule has 0 bridgehead atoms. The maximum atomic E-state index is 14.0. The van der Waals surface area contributed by atoms with Gasteiger partial charge in [-0.2, -0.15) is 8.78 Å². The smallest absolute Gasteiger partial charge is 0.387 e. The molecule has 4 aromatic carbocycles. The Morgan fingerprint density at radius 2 is 1.71 bits per heavy atom. The molecule has 0 saturated heterocycles. The Hall–Kier alpha value is -4.26. The van der Waals surface area contributed by atoms with Crippen molar-refractivity contribution in [1.82, 2.24) is 0 Å². The lowest BCUT2D eigenvalue weighted by Crippen LogP contribution is -2.18. The third-order valence-corrected chi connectivity index (χ3v) is 5.50. The molecule has 4 aromatic rings. The Kier molecular flexibility index (Phi) is 5.67. The highest BCUT2D eigenvalue weighted by molar-refractivity contribution is 6.04. The van der Waals surface area contributed by atoms with Gasteiger partial charge in [-0.15, -0.1) is 0 Å². The molecule has 1 heterocycles. The van der Waals surface area contributed by atoms with E-state index in [0.717, 1.165) is 0 Å². The number of hydrogen-bond donors (Lipinski definition) is 1. The van der Waals surface area contributed by atoms with Gasteiger partial charge in [-0.05, 0) is 59.7 Å². The van der Waals surface area contributed by atoms with E-state index in [1.807, 2.05) is 6.07 Å². The fourth-order valence-corrected chi connectivity index (χ4v) is 4.05. The molecule has 1 unspecified atom stereocenters. The fraction of sp³-hybridized carbons (Fsp3) is 0.0741. The summed E-state index contributed by atoms with van der Waals surface area (Å²) in [6, 6.07) is 24.4. The first-order chi connectivity index (χ1) is 16.5. The van der Waals surface area contributed by atoms with E-state index in [0.29, 0.717) is 39.3 Å². The molecule has 7 heteroatoms. The van der Waals surface area contributed by atoms with Crippen molar-refractivity contribution in [2.75, 3.05) is 5.32 Å². The van der Waals surface area contributed by atoms with E-state index >= 15 is 0 Å². The third kappa shape index (κ3) is 4.20. The molecule has 0 radical (unpaired) electrons. The molecule has 5 rings (SSSR count). The van der Waals surface area contributed by atoms with Crippen molar-refractivity contribution in [3.8, 4) is 22.6 Å². The molecule has 0 aliphatic carbocycles. The highest BCUT2D eigenvalue weighted by Crippen LogP contribution is 2.49. The van der Waals surface area contributed by atoms with E-state index < -0.39 is 18.5 Å². The Morgan fingerprint density at radius 3 is 2.47 bits per heavy atom. The average molecular weight is 461 g/mol. The minimum Gasteiger partial charge on any atom is -0.480 e. The summed E-state index contributed by atoms with van der Waals surface area (Å²) in [4.78, 5) is 12.7. The molecule has 0 saturated carbocycles. The molecular weight excluding hydrogens is 443 g/mol. The van der Waals surface area contributed by atoms with Crippen molar-refractivity contribution in [3.63, 3.8) is 0 Å². The maximum absolute atomic E-state index is 14.0. The first kappa shape index (κ1) is 21.6. The molecule has 0 aromatic heterocycles. The number of anilines is 1. The third-order valence-electron chi connectivity index (χ3n) is 5.50. The summed E-state index contributed by atoms with van der Waals surface area (Å²) in [5, 5.41) is 2.84. The second-order valence-electron chi connectivity index (χ2n) is 7.68. The van der Waals surface area contributed by atoms with Gasteiger partial charge in [0, 0.05) is 16.8 Å². The SMILES string of the molecule is O=C(Nc1ccc2c(c1)C(c1cccc(F)c1)Oc1cccc(OC(F)F)c1-2)c1ccccc1. The number of rotatable bonds is 5. The topological polar surface area (TPSA) is 47.6 Å². The first-order valence-corrected chi connectivity index (χ1v) is 10.5. The van der Waals surface area contributed by atoms with Gasteiger partial charge in [0.25, 0.3) is 5.91 Å². The van der Waals surface area contributed by atoms with Crippen molar-refractivity contribution in [1.29, 1.82) is 0 Å². The Morgan fingerprint density at radius 1 is 0.912 bits per heavy atom. The molecule has 170 valence electrons. The molecule has 0 spiro atoms. The molecule has 1 atom stereocenters. The van der Waals surface area contributed by atoms with Crippen LogP contribution in [0.15, 0.2) is 91.0 Å². The predicted octanol–water partition coefficient (Wildman–Crippen LogP) is 6.83. The van der Waals surface area contributed by atoms with Crippen LogP contribution in [0.2, 0.25) is 0 Å². The number of fused-ring (bicyclic) bond motifs is 3. The number of ether oxygens (including phenoxy) is 2. The van der Waals surface area contributed by atoms with Crippen LogP contribution in [-0.2, 0) is 0 Å². The van der Waals surface area contributed by atoms with Crippen molar-refractivity contribution < 1.29 is 27.4 Å². The summed E-state index contributed by atoms with van der Waals surface area (Å²) in [6.45, 7) is -3.01. The van der Waals surface area contributed by atoms with Crippen LogP contribution in [0.5, 0.6) is 11.5 Å². The van der Waals surface area contributed by atoms with Gasteiger partial charge in [-0.1, -0.05) is 42.5 Å². The highest BCUT2D eigenvalue weighted by Gasteiger charge is 2.31. The predicted molar refractivity (Wildman–Crippen MR) is 122 cm³/mol. The highest BCUT2D eigenvalue weighted by atomic mass is 19.3. The molecule has 4 nitrogen and oxygen atoms in total. The van der Waals surface area contributed by atoms with Crippen LogP contribution in [0.1, 0.15) is 27.6 Å². The number of carbonyl (C=O) groups excluding carboxylic acids is 1. The Balaban J connectivity index is 1.61. The summed E-state index contributed by atoms with van der Waals surface area (Å²) in [7, 11) is 0. The monoisotopic (exact) mass is 461 g/mol. The molecule has 1 aliphatic rings. The van der Waals surface area contributed by atoms with Crippen molar-refractivity contribution in [3.05, 3.63) is 114 Å². The molecule has 1 aliphatic heterocycles. The summed E-state index contributed by atoms with van der Waals surface area (Å²) in [5.74, 6) is -0.438. The normalized spacial score (nSPS) is 14.1. The Bertz CT molecular complexity index is 1360. The zero-order chi connectivity index (χ0) is 23.7. The lowest BCUT2D eigenvalue weighted by molar-refractivity contribution is -0.0496. The molecular formula is C27H18F3NO3. The van der Waals surface area contributed by atoms with E-state index in [1.165, 1.54) is 18.2 Å². The first-order valence-electron chi connectivity index (χ1n) is 10.5. The number of carbonyl (C=O) groups is 1. The lowest BCUT2D eigenvalue weighted by Gasteiger charge is -2.30. The van der Waals surface area contributed by atoms with Crippen LogP contribution >= 0.6 is 0 Å². The van der Waals surface area contributed by atoms with Gasteiger partial charge in [-0.25, -0.2) is 4.39 Å². The van der Waals surface area contributed by atoms with Crippen LogP contribution in [0.25, 0.3) is 11.1 Å². The Labute approximate surface area is 193 Å². The van der Waals surface area contributed by atoms with Gasteiger partial charge < -0.3 is 14.8 Å². The largest absolute Gasteiger partial charge is 0.480 e. The van der Waals surface area contributed by atoms with Crippen molar-refractivity contribution in [2.45, 2.75) is 12.7 Å². The molecule has 1 N–H and O–H groups in total. The summed E-state index contributed by atoms with van der Waals surface area (Å²) in [5.41, 5.74) is 3.04. The quantitative estimate of drug-likeness (QED) is 0.354. The van der Waals surface area contributed by atoms with Gasteiger partial charge in [0.05, 0.1) is 5.56 Å². The minimum absolute atomic E-state index is 0.0347. The van der Waals surface area contributed by atoms with E-state index in [4.69, 9.17) is 9.47 Å². The number of amides is 1. The number of hydrogen-bond acceptors (Lipinski definition) is 3. The number of nitrogens with one attached hydrogen (secondary N) is 1. The standard InChI is InChI=1S/C27H18F3NO3/c28-18-9-4-8-17(14-18)25-21-15-19(31-26(32)16-6-2-1-3-7-16)12-13-20(21)24-22(33-25)10-5-11-23(24)34-27(29)30/h1-15,25,27H,(H,31,32). The number of halogens is 3. The minimum atomic E-state index is -3.01. The second-order valence-corrected chi connectivity index (χ2v) is 7.68. The van der Waals surface area contributed by atoms with Crippen molar-refractivity contribution in [2.24, 2.45) is 0 Å². The second kappa shape index (κ2) is 8.94. The van der Waals surface area contributed by atoms with Crippen LogP contribution < -0.4 is 14.8 Å². The fourth-order valence-electron chi connectivity index (χ4n) is 4.05. The molecule has 0 fully saturated rings. The van der Waals surface area contributed by atoms with Gasteiger partial charge in [0.15, 0.2) is 0 Å². The zero-order valence-electron chi connectivity index (χ0n) is 17.7. The van der Waals surface area contributed by atoms with E-state index in [2.05, 4.69) is 5.32 Å². The van der Waals surface area contributed by atoms with Gasteiger partial charge in [0.2, 0.25) is 0 Å². The number of alkyl halides is 2. The van der Waals surface area contributed by atoms with E-state index in [1.54, 1.807) is 66.7 Å². The summed E-state index contributed by atoms with van der Waals surface area (Å²) < 4.78 is 51.1. The zero-order valence-corrected chi connectivity index (χ0v) is 17.7. The van der Waals surface area contributed by atoms with Gasteiger partial charge in [0.1, 0.15) is 23.4 Å². The van der Waals surface area contributed by atoms with Crippen LogP contribution in [0.4, 0.5) is 18.9 Å². The number of benzene rings is 4. The van der Waals surface area contributed by atoms with Crippen LogP contribution in [0.3, 0.4) is 0 Å². The molecule has 34 heavy (non-hydrogen) atoms. The lowest BCUT2D eigenvalue weighted by atomic mass is 9.88. The van der Waals surface area contributed by atoms with Crippen molar-refractivity contribution >= 4 is 11.6 Å². The molecule has 1 amide bonds. The van der Waals surface area contributed by atoms with Gasteiger partial charge in [-0.3, -0.25) is 4.79 Å². The van der Waals surface area contributed by atoms with E-state index in [9.17, 15) is 18.0 Å². The van der Waals surface area contributed by atoms with E-state index in [-0.39, 0.29) is 11.7 Å². The van der Waals surface area contributed by atoms with Crippen LogP contribution in [-0.4, -0.2) is 12.5 Å². The van der Waals surface area contributed by atoms with Crippen LogP contribution in [0, 0.1) is 5.82 Å². The maximum Gasteiger partial charge on any atom is 0.387 e.